The molecular weight excluding hydrogens is 306 g/mol. The standard InChI is InChI=1S/C15H18BrNO2/c1-9-6-14-11(7-12(9)16)13(17-10(2)18)8-15(19-14)4-3-5-15/h6-7,13H,3-5,8H2,1-2H3,(H,17,18). The maximum absolute atomic E-state index is 11.4. The number of carbonyl (C=O) groups is 1. The van der Waals surface area contributed by atoms with E-state index in [9.17, 15) is 4.79 Å². The second-order valence-electron chi connectivity index (χ2n) is 5.74. The van der Waals surface area contributed by atoms with Crippen LogP contribution in [-0.2, 0) is 4.79 Å². The van der Waals surface area contributed by atoms with Crippen LogP contribution < -0.4 is 10.1 Å². The predicted octanol–water partition coefficient (Wildman–Crippen LogP) is 3.64. The van der Waals surface area contributed by atoms with Crippen LogP contribution in [0.3, 0.4) is 0 Å². The van der Waals surface area contributed by atoms with Crippen molar-refractivity contribution in [2.24, 2.45) is 0 Å². The molecule has 2 aliphatic rings. The van der Waals surface area contributed by atoms with Gasteiger partial charge in [-0.2, -0.15) is 0 Å². The Balaban J connectivity index is 2.01. The van der Waals surface area contributed by atoms with Crippen LogP contribution in [0.4, 0.5) is 0 Å². The highest BCUT2D eigenvalue weighted by Crippen LogP contribution is 2.49. The third-order valence-corrected chi connectivity index (χ3v) is 5.07. The molecule has 0 saturated heterocycles. The molecule has 4 heteroatoms. The molecule has 1 unspecified atom stereocenters. The molecule has 19 heavy (non-hydrogen) atoms. The van der Waals surface area contributed by atoms with Gasteiger partial charge in [-0.05, 0) is 43.9 Å². The van der Waals surface area contributed by atoms with E-state index in [4.69, 9.17) is 4.74 Å². The van der Waals surface area contributed by atoms with Crippen molar-refractivity contribution < 1.29 is 9.53 Å². The molecule has 102 valence electrons. The molecule has 1 spiro atoms. The zero-order valence-corrected chi connectivity index (χ0v) is 12.8. The van der Waals surface area contributed by atoms with Crippen molar-refractivity contribution in [3.63, 3.8) is 0 Å². The summed E-state index contributed by atoms with van der Waals surface area (Å²) in [4.78, 5) is 11.4. The molecule has 3 rings (SSSR count). The minimum atomic E-state index is -0.0413. The van der Waals surface area contributed by atoms with E-state index in [2.05, 4.69) is 40.3 Å². The maximum Gasteiger partial charge on any atom is 0.217 e. The topological polar surface area (TPSA) is 38.3 Å². The summed E-state index contributed by atoms with van der Waals surface area (Å²) in [5.41, 5.74) is 2.21. The number of aryl methyl sites for hydroxylation is 1. The first-order valence-electron chi connectivity index (χ1n) is 6.75. The smallest absolute Gasteiger partial charge is 0.217 e. The van der Waals surface area contributed by atoms with E-state index in [1.54, 1.807) is 6.92 Å². The summed E-state index contributed by atoms with van der Waals surface area (Å²) in [6, 6.07) is 4.23. The Morgan fingerprint density at radius 3 is 2.79 bits per heavy atom. The Hall–Kier alpha value is -1.03. The number of ether oxygens (including phenoxy) is 1. The van der Waals surface area contributed by atoms with Crippen LogP contribution in [-0.4, -0.2) is 11.5 Å². The second kappa shape index (κ2) is 4.51. The Labute approximate surface area is 121 Å². The van der Waals surface area contributed by atoms with Gasteiger partial charge in [0.05, 0.1) is 6.04 Å². The van der Waals surface area contributed by atoms with E-state index in [-0.39, 0.29) is 17.6 Å². The fraction of sp³-hybridized carbons (Fsp3) is 0.533. The molecule has 1 amide bonds. The van der Waals surface area contributed by atoms with Gasteiger partial charge in [0, 0.05) is 23.4 Å². The summed E-state index contributed by atoms with van der Waals surface area (Å²) in [5.74, 6) is 0.953. The molecule has 0 radical (unpaired) electrons. The number of fused-ring (bicyclic) bond motifs is 1. The SMILES string of the molecule is CC(=O)NC1CC2(CCC2)Oc2cc(C)c(Br)cc21. The normalized spacial score (nSPS) is 23.2. The molecule has 1 fully saturated rings. The molecule has 1 aliphatic heterocycles. The van der Waals surface area contributed by atoms with Gasteiger partial charge in [0.15, 0.2) is 0 Å². The summed E-state index contributed by atoms with van der Waals surface area (Å²) in [5, 5.41) is 3.07. The lowest BCUT2D eigenvalue weighted by Crippen LogP contribution is -2.49. The molecule has 1 saturated carbocycles. The Kier molecular flexibility index (Phi) is 3.08. The van der Waals surface area contributed by atoms with Crippen LogP contribution in [0.15, 0.2) is 16.6 Å². The van der Waals surface area contributed by atoms with Crippen molar-refractivity contribution in [1.82, 2.24) is 5.32 Å². The molecule has 1 N–H and O–H groups in total. The van der Waals surface area contributed by atoms with E-state index >= 15 is 0 Å². The van der Waals surface area contributed by atoms with Gasteiger partial charge in [0.2, 0.25) is 5.91 Å². The van der Waals surface area contributed by atoms with Gasteiger partial charge in [-0.15, -0.1) is 0 Å². The highest BCUT2D eigenvalue weighted by Gasteiger charge is 2.45. The van der Waals surface area contributed by atoms with Gasteiger partial charge in [-0.1, -0.05) is 15.9 Å². The fourth-order valence-electron chi connectivity index (χ4n) is 3.04. The largest absolute Gasteiger partial charge is 0.487 e. The molecule has 1 aliphatic carbocycles. The Morgan fingerprint density at radius 1 is 1.47 bits per heavy atom. The fourth-order valence-corrected chi connectivity index (χ4v) is 3.40. The molecule has 1 atom stereocenters. The van der Waals surface area contributed by atoms with Crippen molar-refractivity contribution in [3.05, 3.63) is 27.7 Å². The summed E-state index contributed by atoms with van der Waals surface area (Å²) >= 11 is 3.56. The molecule has 0 bridgehead atoms. The highest BCUT2D eigenvalue weighted by molar-refractivity contribution is 9.10. The first-order chi connectivity index (χ1) is 8.99. The lowest BCUT2D eigenvalue weighted by Gasteiger charge is -2.48. The average Bonchev–Trinajstić information content (AvgIpc) is 2.28. The molecule has 3 nitrogen and oxygen atoms in total. The van der Waals surface area contributed by atoms with Crippen LogP contribution in [0.1, 0.15) is 49.8 Å². The van der Waals surface area contributed by atoms with Crippen LogP contribution >= 0.6 is 15.9 Å². The molecule has 1 aromatic carbocycles. The minimum Gasteiger partial charge on any atom is -0.487 e. The molecule has 0 aromatic heterocycles. The number of carbonyl (C=O) groups excluding carboxylic acids is 1. The van der Waals surface area contributed by atoms with Gasteiger partial charge in [-0.3, -0.25) is 4.79 Å². The third kappa shape index (κ3) is 2.27. The van der Waals surface area contributed by atoms with Crippen LogP contribution in [0, 0.1) is 6.92 Å². The van der Waals surface area contributed by atoms with E-state index in [1.807, 2.05) is 0 Å². The maximum atomic E-state index is 11.4. The van der Waals surface area contributed by atoms with Crippen molar-refractivity contribution in [3.8, 4) is 5.75 Å². The van der Waals surface area contributed by atoms with Gasteiger partial charge < -0.3 is 10.1 Å². The number of halogens is 1. The van der Waals surface area contributed by atoms with Gasteiger partial charge in [0.1, 0.15) is 11.4 Å². The second-order valence-corrected chi connectivity index (χ2v) is 6.59. The van der Waals surface area contributed by atoms with E-state index in [0.717, 1.165) is 40.6 Å². The minimum absolute atomic E-state index is 0.0176. The van der Waals surface area contributed by atoms with Crippen molar-refractivity contribution in [2.75, 3.05) is 0 Å². The predicted molar refractivity (Wildman–Crippen MR) is 77.3 cm³/mol. The quantitative estimate of drug-likeness (QED) is 0.856. The van der Waals surface area contributed by atoms with E-state index < -0.39 is 0 Å². The van der Waals surface area contributed by atoms with Crippen molar-refractivity contribution in [1.29, 1.82) is 0 Å². The van der Waals surface area contributed by atoms with Gasteiger partial charge >= 0.3 is 0 Å². The average molecular weight is 324 g/mol. The molecule has 1 heterocycles. The summed E-state index contributed by atoms with van der Waals surface area (Å²) in [6.07, 6.45) is 4.29. The number of hydrogen-bond acceptors (Lipinski definition) is 2. The summed E-state index contributed by atoms with van der Waals surface area (Å²) in [7, 11) is 0. The third-order valence-electron chi connectivity index (χ3n) is 4.21. The van der Waals surface area contributed by atoms with Crippen molar-refractivity contribution >= 4 is 21.8 Å². The monoisotopic (exact) mass is 323 g/mol. The van der Waals surface area contributed by atoms with Crippen molar-refractivity contribution in [2.45, 2.75) is 51.2 Å². The lowest BCUT2D eigenvalue weighted by atomic mass is 9.73. The van der Waals surface area contributed by atoms with Crippen LogP contribution in [0.5, 0.6) is 5.75 Å². The zero-order valence-electron chi connectivity index (χ0n) is 11.3. The van der Waals surface area contributed by atoms with Crippen LogP contribution in [0.25, 0.3) is 0 Å². The van der Waals surface area contributed by atoms with Gasteiger partial charge in [-0.25, -0.2) is 0 Å². The molecular formula is C15H18BrNO2. The number of hydrogen-bond donors (Lipinski definition) is 1. The number of nitrogens with one attached hydrogen (secondary N) is 1. The number of amides is 1. The Bertz CT molecular complexity index is 537. The molecule has 1 aromatic rings. The number of benzene rings is 1. The Morgan fingerprint density at radius 2 is 2.21 bits per heavy atom. The van der Waals surface area contributed by atoms with E-state index in [1.165, 1.54) is 6.42 Å². The van der Waals surface area contributed by atoms with Crippen LogP contribution in [0.2, 0.25) is 0 Å². The highest BCUT2D eigenvalue weighted by atomic mass is 79.9. The first-order valence-corrected chi connectivity index (χ1v) is 7.55. The lowest BCUT2D eigenvalue weighted by molar-refractivity contribution is -0.120. The number of rotatable bonds is 1. The zero-order chi connectivity index (χ0) is 13.6. The summed E-state index contributed by atoms with van der Waals surface area (Å²) in [6.45, 7) is 3.63. The van der Waals surface area contributed by atoms with Gasteiger partial charge in [0.25, 0.3) is 0 Å². The first kappa shape index (κ1) is 13.0. The summed E-state index contributed by atoms with van der Waals surface area (Å²) < 4.78 is 7.30. The van der Waals surface area contributed by atoms with E-state index in [0.29, 0.717) is 0 Å².